The topological polar surface area (TPSA) is 158 Å². The third kappa shape index (κ3) is 3.32. The third-order valence-corrected chi connectivity index (χ3v) is 3.93. The minimum absolute atomic E-state index is 0.0171. The first-order valence-corrected chi connectivity index (χ1v) is 7.34. The summed E-state index contributed by atoms with van der Waals surface area (Å²) in [7, 11) is 0. The molecule has 0 amide bonds. The lowest BCUT2D eigenvalue weighted by molar-refractivity contribution is -0.271. The zero-order valence-corrected chi connectivity index (χ0v) is 12.8. The van der Waals surface area contributed by atoms with Crippen molar-refractivity contribution in [2.24, 2.45) is 5.73 Å². The Bertz CT molecular complexity index is 916. The van der Waals surface area contributed by atoms with Crippen LogP contribution in [0.1, 0.15) is 11.0 Å². The van der Waals surface area contributed by atoms with Gasteiger partial charge in [-0.2, -0.15) is 0 Å². The van der Waals surface area contributed by atoms with Gasteiger partial charge in [0, 0.05) is 22.6 Å². The molecule has 2 heterocycles. The summed E-state index contributed by atoms with van der Waals surface area (Å²) >= 11 is 0. The number of benzene rings is 1. The highest BCUT2D eigenvalue weighted by molar-refractivity contribution is 5.84. The number of aliphatic hydroxyl groups is 3. The molecule has 25 heavy (non-hydrogen) atoms. The molecular weight excluding hydrogens is 332 g/mol. The predicted molar refractivity (Wildman–Crippen MR) is 86.0 cm³/mol. The van der Waals surface area contributed by atoms with Gasteiger partial charge in [-0.3, -0.25) is 0 Å². The normalized spacial score (nSPS) is 33.2. The number of rotatable bonds is 5. The average molecular weight is 356 g/mol. The number of H-pyrrole nitrogens is 1. The summed E-state index contributed by atoms with van der Waals surface area (Å²) < 4.78 is 41.6. The Balaban J connectivity index is 1.93. The number of fused-ring (bicyclic) bond motifs is 1. The number of hydrogen-bond acceptors (Lipinski definition) is 7. The number of carbonyl (C=O) groups is 1. The highest BCUT2D eigenvalue weighted by atomic mass is 16.7. The van der Waals surface area contributed by atoms with E-state index in [4.69, 9.17) is 25.8 Å². The lowest BCUT2D eigenvalue weighted by Crippen LogP contribution is -2.61. The fourth-order valence-corrected chi connectivity index (χ4v) is 2.64. The number of carboxylic acids is 1. The summed E-state index contributed by atoms with van der Waals surface area (Å²) in [5.74, 6) is -1.54. The van der Waals surface area contributed by atoms with E-state index in [2.05, 4.69) is 4.98 Å². The number of aliphatic carboxylic acids is 1. The van der Waals surface area contributed by atoms with E-state index >= 15 is 0 Å². The summed E-state index contributed by atoms with van der Waals surface area (Å²) in [6.45, 7) is -2.68. The van der Waals surface area contributed by atoms with Gasteiger partial charge < -0.3 is 40.6 Å². The zero-order chi connectivity index (χ0) is 21.7. The molecule has 7 N–H and O–H groups in total. The van der Waals surface area contributed by atoms with Crippen LogP contribution in [0.2, 0.25) is 0 Å². The van der Waals surface area contributed by atoms with Crippen LogP contribution in [-0.4, -0.2) is 68.6 Å². The van der Waals surface area contributed by atoms with Crippen molar-refractivity contribution in [2.45, 2.75) is 37.1 Å². The Labute approximate surface area is 148 Å². The fourth-order valence-electron chi connectivity index (χ4n) is 2.64. The smallest absolute Gasteiger partial charge is 0.335 e. The number of nitrogens with two attached hydrogens (primary N) is 1. The highest BCUT2D eigenvalue weighted by Gasteiger charge is 2.48. The van der Waals surface area contributed by atoms with E-state index in [1.165, 1.54) is 24.4 Å². The monoisotopic (exact) mass is 356 g/mol. The van der Waals surface area contributed by atoms with Gasteiger partial charge in [0.2, 0.25) is 6.29 Å². The summed E-state index contributed by atoms with van der Waals surface area (Å²) in [6.07, 6.45) is -10.2. The van der Waals surface area contributed by atoms with Crippen molar-refractivity contribution in [1.29, 1.82) is 0 Å². The Morgan fingerprint density at radius 2 is 2.08 bits per heavy atom. The van der Waals surface area contributed by atoms with Crippen molar-refractivity contribution < 1.29 is 40.2 Å². The highest BCUT2D eigenvalue weighted by Crippen LogP contribution is 2.28. The number of aryl methyl sites for hydroxylation is 1. The van der Waals surface area contributed by atoms with E-state index < -0.39 is 49.5 Å². The van der Waals surface area contributed by atoms with E-state index in [0.717, 1.165) is 0 Å². The van der Waals surface area contributed by atoms with Crippen molar-refractivity contribution >= 4 is 16.9 Å². The number of aromatic amines is 1. The van der Waals surface area contributed by atoms with Crippen LogP contribution < -0.4 is 10.5 Å². The second-order valence-corrected chi connectivity index (χ2v) is 5.53. The predicted octanol–water partition coefficient (Wildman–Crippen LogP) is -1.06. The first-order chi connectivity index (χ1) is 13.3. The van der Waals surface area contributed by atoms with Crippen molar-refractivity contribution in [3.05, 3.63) is 30.0 Å². The van der Waals surface area contributed by atoms with Crippen molar-refractivity contribution in [3.63, 3.8) is 0 Å². The molecule has 1 aliphatic heterocycles. The standard InChI is InChI=1S/C16H20N2O7/c17-4-3-7-6-18-10-2-1-8(5-9(7)10)24-16-13(21)11(19)12(20)14(25-16)15(22)23/h1-2,5-6,11-14,16,18-21H,3-4,17H2,(H,22,23)/t11-,12-,13+,14-,16+/m0/s1/i3D2,4D2. The quantitative estimate of drug-likeness (QED) is 0.395. The molecule has 0 aliphatic carbocycles. The van der Waals surface area contributed by atoms with Gasteiger partial charge in [-0.05, 0) is 36.6 Å². The maximum atomic E-state index is 11.2. The molecule has 0 spiro atoms. The summed E-state index contributed by atoms with van der Waals surface area (Å²) in [5.41, 5.74) is 5.70. The van der Waals surface area contributed by atoms with Gasteiger partial charge in [0.1, 0.15) is 24.1 Å². The van der Waals surface area contributed by atoms with Crippen LogP contribution in [0.15, 0.2) is 24.4 Å². The zero-order valence-electron chi connectivity index (χ0n) is 16.8. The van der Waals surface area contributed by atoms with Crippen molar-refractivity contribution in [2.75, 3.05) is 6.50 Å². The minimum Gasteiger partial charge on any atom is -0.479 e. The van der Waals surface area contributed by atoms with Gasteiger partial charge in [0.25, 0.3) is 0 Å². The molecule has 1 aromatic heterocycles. The first kappa shape index (κ1) is 13.1. The summed E-state index contributed by atoms with van der Waals surface area (Å²) in [5, 5.41) is 38.9. The van der Waals surface area contributed by atoms with Gasteiger partial charge in [-0.25, -0.2) is 4.79 Å². The van der Waals surface area contributed by atoms with Crippen LogP contribution in [0, 0.1) is 0 Å². The lowest BCUT2D eigenvalue weighted by Gasteiger charge is -2.38. The first-order valence-electron chi connectivity index (χ1n) is 9.34. The largest absolute Gasteiger partial charge is 0.479 e. The number of hydrogen-bond donors (Lipinski definition) is 6. The molecule has 3 rings (SSSR count). The second kappa shape index (κ2) is 6.98. The lowest BCUT2D eigenvalue weighted by atomic mass is 9.99. The molecule has 2 aromatic rings. The third-order valence-electron chi connectivity index (χ3n) is 3.93. The van der Waals surface area contributed by atoms with Crippen LogP contribution in [0.3, 0.4) is 0 Å². The van der Waals surface area contributed by atoms with Crippen LogP contribution in [-0.2, 0) is 15.9 Å². The molecule has 9 nitrogen and oxygen atoms in total. The molecule has 0 unspecified atom stereocenters. The van der Waals surface area contributed by atoms with E-state index in [9.17, 15) is 20.1 Å². The SMILES string of the molecule is [2H]C([2H])(N)C([2H])([2H])c1c[nH]c2ccc(O[C@@H]3O[C@H](C(=O)O)[C@@H](O)[C@H](O)[C@H]3O)cc12. The number of aromatic nitrogens is 1. The summed E-state index contributed by atoms with van der Waals surface area (Å²) in [4.78, 5) is 14.0. The minimum atomic E-state index is -2.68. The van der Waals surface area contributed by atoms with Crippen LogP contribution in [0.25, 0.3) is 10.9 Å². The molecule has 0 saturated carbocycles. The maximum absolute atomic E-state index is 11.2. The number of nitrogens with one attached hydrogen (secondary N) is 1. The number of ether oxygens (including phenoxy) is 2. The van der Waals surface area contributed by atoms with Gasteiger partial charge in [0.15, 0.2) is 6.10 Å². The Morgan fingerprint density at radius 3 is 2.76 bits per heavy atom. The van der Waals surface area contributed by atoms with E-state index in [0.29, 0.717) is 5.52 Å². The van der Waals surface area contributed by atoms with Gasteiger partial charge in [-0.1, -0.05) is 0 Å². The average Bonchev–Trinajstić information content (AvgIpc) is 3.04. The van der Waals surface area contributed by atoms with Gasteiger partial charge in [0.05, 0.1) is 0 Å². The molecule has 5 atom stereocenters. The van der Waals surface area contributed by atoms with Crippen molar-refractivity contribution in [1.82, 2.24) is 4.98 Å². The molecule has 1 saturated heterocycles. The fraction of sp³-hybridized carbons (Fsp3) is 0.438. The molecule has 1 fully saturated rings. The second-order valence-electron chi connectivity index (χ2n) is 5.53. The maximum Gasteiger partial charge on any atom is 0.335 e. The number of carboxylic acid groups (broad SMARTS) is 1. The molecule has 0 bridgehead atoms. The molecule has 1 aliphatic rings. The molecular formula is C16H20N2O7. The van der Waals surface area contributed by atoms with Crippen LogP contribution in [0.5, 0.6) is 5.75 Å². The summed E-state index contributed by atoms with van der Waals surface area (Å²) in [6, 6.07) is 4.23. The van der Waals surface area contributed by atoms with Crippen LogP contribution >= 0.6 is 0 Å². The Hall–Kier alpha value is -2.17. The molecule has 9 heteroatoms. The Kier molecular flexibility index (Phi) is 3.66. The van der Waals surface area contributed by atoms with Gasteiger partial charge in [-0.15, -0.1) is 0 Å². The molecule has 136 valence electrons. The van der Waals surface area contributed by atoms with E-state index in [1.807, 2.05) is 0 Å². The van der Waals surface area contributed by atoms with Crippen LogP contribution in [0.4, 0.5) is 0 Å². The van der Waals surface area contributed by atoms with Gasteiger partial charge >= 0.3 is 5.97 Å². The number of aliphatic hydroxyl groups excluding tert-OH is 3. The van der Waals surface area contributed by atoms with Crippen molar-refractivity contribution in [3.8, 4) is 5.75 Å². The van der Waals surface area contributed by atoms with E-state index in [-0.39, 0.29) is 16.7 Å². The molecule has 1 aromatic carbocycles. The van der Waals surface area contributed by atoms with E-state index in [1.54, 1.807) is 0 Å². The Morgan fingerprint density at radius 1 is 1.32 bits per heavy atom. The molecule has 0 radical (unpaired) electrons.